The van der Waals surface area contributed by atoms with Crippen molar-refractivity contribution in [1.82, 2.24) is 14.9 Å². The molecule has 30 heavy (non-hydrogen) atoms. The van der Waals surface area contributed by atoms with Crippen LogP contribution in [0.4, 0.5) is 13.6 Å². The van der Waals surface area contributed by atoms with Crippen molar-refractivity contribution in [1.29, 1.82) is 0 Å². The van der Waals surface area contributed by atoms with Crippen LogP contribution in [0.25, 0.3) is 21.7 Å². The average molecular weight is 429 g/mol. The van der Waals surface area contributed by atoms with Crippen LogP contribution in [-0.4, -0.2) is 40.7 Å². The molecule has 8 heteroatoms. The zero-order valence-electron chi connectivity index (χ0n) is 16.5. The van der Waals surface area contributed by atoms with Crippen molar-refractivity contribution < 1.29 is 18.3 Å². The molecule has 3 aromatic rings. The van der Waals surface area contributed by atoms with Gasteiger partial charge < -0.3 is 9.64 Å². The van der Waals surface area contributed by atoms with Crippen molar-refractivity contribution in [3.05, 3.63) is 59.4 Å². The molecule has 0 bridgehead atoms. The maximum Gasteiger partial charge on any atom is 0.409 e. The van der Waals surface area contributed by atoms with Crippen molar-refractivity contribution >= 4 is 17.4 Å². The minimum Gasteiger partial charge on any atom is -0.450 e. The van der Waals surface area contributed by atoms with E-state index in [0.29, 0.717) is 31.0 Å². The summed E-state index contributed by atoms with van der Waals surface area (Å²) in [5.74, 6) is -0.556. The Hall–Kier alpha value is -2.87. The topological polar surface area (TPSA) is 55.3 Å². The Labute approximate surface area is 177 Å². The largest absolute Gasteiger partial charge is 0.450 e. The molecule has 1 aliphatic heterocycles. The van der Waals surface area contributed by atoms with Crippen LogP contribution in [0.1, 0.15) is 30.7 Å². The first-order chi connectivity index (χ1) is 14.5. The number of likely N-dealkylation sites (tertiary alicyclic amines) is 1. The van der Waals surface area contributed by atoms with Crippen LogP contribution in [-0.2, 0) is 4.74 Å². The van der Waals surface area contributed by atoms with Crippen LogP contribution in [0.15, 0.2) is 42.7 Å². The predicted molar refractivity (Wildman–Crippen MR) is 111 cm³/mol. The van der Waals surface area contributed by atoms with Gasteiger partial charge in [-0.15, -0.1) is 11.3 Å². The normalized spacial score (nSPS) is 14.7. The Kier molecular flexibility index (Phi) is 6.03. The molecule has 156 valence electrons. The lowest BCUT2D eigenvalue weighted by atomic mass is 9.98. The molecule has 0 saturated carbocycles. The first-order valence-electron chi connectivity index (χ1n) is 9.84. The summed E-state index contributed by atoms with van der Waals surface area (Å²) in [6.07, 6.45) is 4.03. The molecule has 0 N–H and O–H groups in total. The maximum absolute atomic E-state index is 13.8. The standard InChI is InChI=1S/C22H21F2N3O2S/c1-2-29-22(28)27-9-7-15(8-10-27)21-26-19(14-3-5-17(23)6-4-14)20(30-21)16-11-18(24)13-25-12-16/h3-6,11-13,15H,2,7-10H2,1H3. The van der Waals surface area contributed by atoms with Gasteiger partial charge >= 0.3 is 6.09 Å². The van der Waals surface area contributed by atoms with Crippen molar-refractivity contribution in [3.63, 3.8) is 0 Å². The molecule has 5 nitrogen and oxygen atoms in total. The van der Waals surface area contributed by atoms with Crippen molar-refractivity contribution in [2.45, 2.75) is 25.7 Å². The van der Waals surface area contributed by atoms with Crippen molar-refractivity contribution in [3.8, 4) is 21.7 Å². The number of halogens is 2. The third-order valence-electron chi connectivity index (χ3n) is 5.10. The number of nitrogens with zero attached hydrogens (tertiary/aromatic N) is 3. The van der Waals surface area contributed by atoms with Crippen LogP contribution in [0.5, 0.6) is 0 Å². The summed E-state index contributed by atoms with van der Waals surface area (Å²) in [4.78, 5) is 23.3. The number of benzene rings is 1. The third-order valence-corrected chi connectivity index (χ3v) is 6.37. The second-order valence-corrected chi connectivity index (χ2v) is 8.12. The molecule has 1 fully saturated rings. The smallest absolute Gasteiger partial charge is 0.409 e. The number of ether oxygens (including phenoxy) is 1. The molecular formula is C22H21F2N3O2S. The van der Waals surface area contributed by atoms with Crippen LogP contribution in [0.3, 0.4) is 0 Å². The summed E-state index contributed by atoms with van der Waals surface area (Å²) in [6.45, 7) is 3.36. The van der Waals surface area contributed by atoms with Crippen LogP contribution in [0.2, 0.25) is 0 Å². The van der Waals surface area contributed by atoms with E-state index in [0.717, 1.165) is 34.5 Å². The van der Waals surface area contributed by atoms with E-state index in [1.165, 1.54) is 29.5 Å². The highest BCUT2D eigenvalue weighted by molar-refractivity contribution is 7.15. The Balaban J connectivity index is 1.64. The number of rotatable bonds is 4. The Morgan fingerprint density at radius 1 is 1.13 bits per heavy atom. The van der Waals surface area contributed by atoms with Gasteiger partial charge in [0.1, 0.15) is 11.6 Å². The molecule has 0 unspecified atom stereocenters. The Morgan fingerprint density at radius 2 is 1.87 bits per heavy atom. The molecule has 1 amide bonds. The predicted octanol–water partition coefficient (Wildman–Crippen LogP) is 5.49. The number of thiazole rings is 1. The Bertz CT molecular complexity index is 1030. The molecule has 3 heterocycles. The highest BCUT2D eigenvalue weighted by Crippen LogP contribution is 2.41. The number of piperidine rings is 1. The number of hydrogen-bond acceptors (Lipinski definition) is 5. The minimum absolute atomic E-state index is 0.190. The van der Waals surface area contributed by atoms with Gasteiger partial charge in [-0.3, -0.25) is 4.98 Å². The van der Waals surface area contributed by atoms with Crippen LogP contribution in [0, 0.1) is 11.6 Å². The van der Waals surface area contributed by atoms with Gasteiger partial charge in [0.2, 0.25) is 0 Å². The van der Waals surface area contributed by atoms with E-state index in [2.05, 4.69) is 4.98 Å². The molecule has 1 saturated heterocycles. The van der Waals surface area contributed by atoms with Gasteiger partial charge in [-0.1, -0.05) is 0 Å². The summed E-state index contributed by atoms with van der Waals surface area (Å²) in [6, 6.07) is 7.56. The number of pyridine rings is 1. The average Bonchev–Trinajstić information content (AvgIpc) is 3.20. The summed E-state index contributed by atoms with van der Waals surface area (Å²) >= 11 is 1.50. The summed E-state index contributed by atoms with van der Waals surface area (Å²) < 4.78 is 32.3. The van der Waals surface area contributed by atoms with Gasteiger partial charge in [-0.25, -0.2) is 18.6 Å². The third kappa shape index (κ3) is 4.33. The Morgan fingerprint density at radius 3 is 2.53 bits per heavy atom. The fourth-order valence-electron chi connectivity index (χ4n) is 3.57. The number of aromatic nitrogens is 2. The van der Waals surface area contributed by atoms with E-state index < -0.39 is 5.82 Å². The van der Waals surface area contributed by atoms with Gasteiger partial charge in [0.25, 0.3) is 0 Å². The fourth-order valence-corrected chi connectivity index (χ4v) is 4.81. The first kappa shape index (κ1) is 20.4. The monoisotopic (exact) mass is 429 g/mol. The van der Waals surface area contributed by atoms with Crippen molar-refractivity contribution in [2.24, 2.45) is 0 Å². The molecular weight excluding hydrogens is 408 g/mol. The molecule has 0 spiro atoms. The van der Waals surface area contributed by atoms with E-state index in [4.69, 9.17) is 9.72 Å². The molecule has 1 aliphatic rings. The first-order valence-corrected chi connectivity index (χ1v) is 10.7. The van der Waals surface area contributed by atoms with Crippen molar-refractivity contribution in [2.75, 3.05) is 19.7 Å². The lowest BCUT2D eigenvalue weighted by Crippen LogP contribution is -2.38. The van der Waals surface area contributed by atoms with Gasteiger partial charge in [0, 0.05) is 36.3 Å². The quantitative estimate of drug-likeness (QED) is 0.551. The number of carbonyl (C=O) groups excluding carboxylic acids is 1. The van der Waals surface area contributed by atoms with E-state index in [1.54, 1.807) is 30.2 Å². The van der Waals surface area contributed by atoms with Crippen LogP contribution >= 0.6 is 11.3 Å². The molecule has 0 atom stereocenters. The number of carbonyl (C=O) groups is 1. The number of amides is 1. The van der Waals surface area contributed by atoms with E-state index >= 15 is 0 Å². The molecule has 4 rings (SSSR count). The lowest BCUT2D eigenvalue weighted by Gasteiger charge is -2.30. The zero-order valence-corrected chi connectivity index (χ0v) is 17.3. The summed E-state index contributed by atoms with van der Waals surface area (Å²) in [5, 5.41) is 0.928. The SMILES string of the molecule is CCOC(=O)N1CCC(c2nc(-c3ccc(F)cc3)c(-c3cncc(F)c3)s2)CC1. The summed E-state index contributed by atoms with van der Waals surface area (Å²) in [5.41, 5.74) is 2.10. The minimum atomic E-state index is -0.421. The highest BCUT2D eigenvalue weighted by atomic mass is 32.1. The van der Waals surface area contributed by atoms with Gasteiger partial charge in [-0.2, -0.15) is 0 Å². The zero-order chi connectivity index (χ0) is 21.1. The van der Waals surface area contributed by atoms with Gasteiger partial charge in [0.15, 0.2) is 0 Å². The van der Waals surface area contributed by atoms with E-state index in [1.807, 2.05) is 0 Å². The molecule has 0 radical (unpaired) electrons. The van der Waals surface area contributed by atoms with Gasteiger partial charge in [0.05, 0.1) is 28.4 Å². The second-order valence-electron chi connectivity index (χ2n) is 7.09. The maximum atomic E-state index is 13.8. The fraction of sp³-hybridized carbons (Fsp3) is 0.318. The molecule has 1 aromatic carbocycles. The number of hydrogen-bond donors (Lipinski definition) is 0. The van der Waals surface area contributed by atoms with Gasteiger partial charge in [-0.05, 0) is 50.1 Å². The van der Waals surface area contributed by atoms with E-state index in [-0.39, 0.29) is 17.8 Å². The molecule has 2 aromatic heterocycles. The summed E-state index contributed by atoms with van der Waals surface area (Å²) in [7, 11) is 0. The second kappa shape index (κ2) is 8.87. The van der Waals surface area contributed by atoms with Crippen LogP contribution < -0.4 is 0 Å². The van der Waals surface area contributed by atoms with E-state index in [9.17, 15) is 13.6 Å². The highest BCUT2D eigenvalue weighted by Gasteiger charge is 2.28. The lowest BCUT2D eigenvalue weighted by molar-refractivity contribution is 0.0970. The molecule has 0 aliphatic carbocycles.